The minimum Gasteiger partial charge on any atom is -0.394 e. The molecular formula is C56H105NO5. The molecule has 4 atom stereocenters. The summed E-state index contributed by atoms with van der Waals surface area (Å²) in [7, 11) is 0. The first-order valence-electron chi connectivity index (χ1n) is 27.0. The van der Waals surface area contributed by atoms with Crippen LogP contribution in [0.2, 0.25) is 0 Å². The van der Waals surface area contributed by atoms with Crippen LogP contribution in [-0.4, -0.2) is 57.3 Å². The molecule has 0 fully saturated rings. The summed E-state index contributed by atoms with van der Waals surface area (Å²) in [5.74, 6) is -0.604. The molecular weight excluding hydrogens is 767 g/mol. The van der Waals surface area contributed by atoms with Crippen molar-refractivity contribution in [3.05, 3.63) is 48.6 Å². The average Bonchev–Trinajstić information content (AvgIpc) is 3.28. The first kappa shape index (κ1) is 60.3. The number of amides is 1. The maximum Gasteiger partial charge on any atom is 0.249 e. The molecule has 6 heteroatoms. The van der Waals surface area contributed by atoms with Crippen molar-refractivity contribution in [1.82, 2.24) is 5.32 Å². The van der Waals surface area contributed by atoms with Crippen LogP contribution in [-0.2, 0) is 4.79 Å². The quantitative estimate of drug-likeness (QED) is 0.0309. The van der Waals surface area contributed by atoms with E-state index in [1.54, 1.807) is 0 Å². The van der Waals surface area contributed by atoms with Gasteiger partial charge in [0.15, 0.2) is 0 Å². The lowest BCUT2D eigenvalue weighted by Crippen LogP contribution is -2.53. The Balaban J connectivity index is 3.72. The van der Waals surface area contributed by atoms with Gasteiger partial charge in [0.25, 0.3) is 0 Å². The number of carbonyl (C=O) groups is 1. The summed E-state index contributed by atoms with van der Waals surface area (Å²) in [6.45, 7) is 4.04. The second-order valence-corrected chi connectivity index (χ2v) is 18.5. The van der Waals surface area contributed by atoms with E-state index in [1.807, 2.05) is 0 Å². The zero-order valence-corrected chi connectivity index (χ0v) is 41.1. The summed E-state index contributed by atoms with van der Waals surface area (Å²) in [4.78, 5) is 12.5. The highest BCUT2D eigenvalue weighted by molar-refractivity contribution is 5.80. The third kappa shape index (κ3) is 43.5. The van der Waals surface area contributed by atoms with Crippen LogP contribution in [0.3, 0.4) is 0 Å². The molecule has 0 bridgehead atoms. The zero-order valence-electron chi connectivity index (χ0n) is 41.1. The first-order chi connectivity index (χ1) is 30.5. The molecule has 0 rings (SSSR count). The number of hydrogen-bond donors (Lipinski definition) is 5. The monoisotopic (exact) mass is 872 g/mol. The van der Waals surface area contributed by atoms with Gasteiger partial charge in [-0.05, 0) is 89.9 Å². The average molecular weight is 872 g/mol. The first-order valence-corrected chi connectivity index (χ1v) is 27.0. The van der Waals surface area contributed by atoms with Crippen molar-refractivity contribution in [2.24, 2.45) is 0 Å². The van der Waals surface area contributed by atoms with Gasteiger partial charge in [-0.2, -0.15) is 0 Å². The Morgan fingerprint density at radius 1 is 0.387 bits per heavy atom. The van der Waals surface area contributed by atoms with Gasteiger partial charge in [0.05, 0.1) is 18.8 Å². The Bertz CT molecular complexity index is 1020. The summed E-state index contributed by atoms with van der Waals surface area (Å²) in [6, 6.07) is -1.02. The van der Waals surface area contributed by atoms with Gasteiger partial charge in [0.1, 0.15) is 12.2 Å². The number of rotatable bonds is 49. The molecule has 0 saturated heterocycles. The van der Waals surface area contributed by atoms with Crippen molar-refractivity contribution in [1.29, 1.82) is 0 Å². The smallest absolute Gasteiger partial charge is 0.249 e. The van der Waals surface area contributed by atoms with Gasteiger partial charge in [-0.3, -0.25) is 4.79 Å². The van der Waals surface area contributed by atoms with E-state index in [0.717, 1.165) is 64.2 Å². The molecule has 0 aliphatic rings. The summed E-state index contributed by atoms with van der Waals surface area (Å²) < 4.78 is 0. The van der Waals surface area contributed by atoms with Crippen molar-refractivity contribution < 1.29 is 25.2 Å². The summed E-state index contributed by atoms with van der Waals surface area (Å²) >= 11 is 0. The summed E-state index contributed by atoms with van der Waals surface area (Å²) in [5, 5.41) is 43.8. The van der Waals surface area contributed by atoms with Gasteiger partial charge in [-0.15, -0.1) is 0 Å². The number of aliphatic hydroxyl groups excluding tert-OH is 4. The van der Waals surface area contributed by atoms with E-state index in [4.69, 9.17) is 0 Å². The summed E-state index contributed by atoms with van der Waals surface area (Å²) in [5.41, 5.74) is 0. The maximum absolute atomic E-state index is 12.5. The van der Waals surface area contributed by atoms with Gasteiger partial charge in [-0.1, -0.05) is 229 Å². The normalized spacial score (nSPS) is 14.2. The lowest BCUT2D eigenvalue weighted by molar-refractivity contribution is -0.132. The highest BCUT2D eigenvalue weighted by atomic mass is 16.3. The molecule has 6 nitrogen and oxygen atoms in total. The van der Waals surface area contributed by atoms with Gasteiger partial charge < -0.3 is 25.7 Å². The largest absolute Gasteiger partial charge is 0.394 e. The fourth-order valence-electron chi connectivity index (χ4n) is 8.20. The van der Waals surface area contributed by atoms with Crippen LogP contribution >= 0.6 is 0 Å². The SMILES string of the molecule is CCCCCCCC/C=C\CCCCCCCCC(O)C(=O)NC(CO)C(O)C(O)CCC/C=C/CC/C=C/CC/C=C/CCCCCCCCCCCCCCCCCCC. The van der Waals surface area contributed by atoms with Crippen molar-refractivity contribution >= 4 is 5.91 Å². The molecule has 364 valence electrons. The Labute approximate surface area is 385 Å². The van der Waals surface area contributed by atoms with E-state index in [1.165, 1.54) is 173 Å². The van der Waals surface area contributed by atoms with E-state index >= 15 is 0 Å². The molecule has 0 aromatic carbocycles. The van der Waals surface area contributed by atoms with Crippen molar-refractivity contribution in [2.45, 2.75) is 295 Å². The molecule has 0 saturated carbocycles. The number of carbonyl (C=O) groups excluding carboxylic acids is 1. The minimum atomic E-state index is -1.30. The molecule has 0 aromatic heterocycles. The second kappa shape index (κ2) is 50.3. The highest BCUT2D eigenvalue weighted by Crippen LogP contribution is 2.16. The van der Waals surface area contributed by atoms with Crippen LogP contribution in [0.1, 0.15) is 271 Å². The number of allylic oxidation sites excluding steroid dienone is 8. The molecule has 1 amide bonds. The molecule has 4 unspecified atom stereocenters. The van der Waals surface area contributed by atoms with Crippen LogP contribution in [0.25, 0.3) is 0 Å². The Morgan fingerprint density at radius 3 is 1.02 bits per heavy atom. The lowest BCUT2D eigenvalue weighted by Gasteiger charge is -2.27. The van der Waals surface area contributed by atoms with E-state index in [2.05, 4.69) is 67.8 Å². The third-order valence-electron chi connectivity index (χ3n) is 12.5. The van der Waals surface area contributed by atoms with Gasteiger partial charge in [-0.25, -0.2) is 0 Å². The van der Waals surface area contributed by atoms with Crippen LogP contribution < -0.4 is 5.32 Å². The van der Waals surface area contributed by atoms with Crippen LogP contribution in [0.15, 0.2) is 48.6 Å². The van der Waals surface area contributed by atoms with Crippen molar-refractivity contribution in [2.75, 3.05) is 6.61 Å². The molecule has 62 heavy (non-hydrogen) atoms. The zero-order chi connectivity index (χ0) is 45.2. The highest BCUT2D eigenvalue weighted by Gasteiger charge is 2.28. The molecule has 0 aliphatic heterocycles. The molecule has 0 heterocycles. The van der Waals surface area contributed by atoms with Gasteiger partial charge in [0.2, 0.25) is 5.91 Å². The Hall–Kier alpha value is -1.73. The minimum absolute atomic E-state index is 0.350. The van der Waals surface area contributed by atoms with E-state index < -0.39 is 36.9 Å². The topological polar surface area (TPSA) is 110 Å². The fourth-order valence-corrected chi connectivity index (χ4v) is 8.20. The van der Waals surface area contributed by atoms with Crippen LogP contribution in [0.4, 0.5) is 0 Å². The predicted molar refractivity (Wildman–Crippen MR) is 270 cm³/mol. The van der Waals surface area contributed by atoms with Gasteiger partial charge >= 0.3 is 0 Å². The lowest BCUT2D eigenvalue weighted by atomic mass is 10.00. The molecule has 0 aromatic rings. The van der Waals surface area contributed by atoms with E-state index in [0.29, 0.717) is 19.3 Å². The van der Waals surface area contributed by atoms with Crippen LogP contribution in [0, 0.1) is 0 Å². The standard InChI is InChI=1S/C56H105NO5/c1-3-5-7-9-11-13-15-17-19-21-22-23-24-25-26-27-28-29-30-31-32-33-34-36-37-39-41-43-45-47-49-53(59)55(61)52(51-58)57-56(62)54(60)50-48-46-44-42-40-38-35-20-18-16-14-12-10-8-6-4-2/h18,20,30-31,34,36,41,43,52-55,58-61H,3-17,19,21-29,32-33,35,37-40,42,44-51H2,1-2H3,(H,57,62)/b20-18-,31-30+,36-34+,43-41+. The second-order valence-electron chi connectivity index (χ2n) is 18.5. The van der Waals surface area contributed by atoms with E-state index in [-0.39, 0.29) is 0 Å². The number of hydrogen-bond acceptors (Lipinski definition) is 5. The molecule has 0 spiro atoms. The van der Waals surface area contributed by atoms with Crippen molar-refractivity contribution in [3.8, 4) is 0 Å². The third-order valence-corrected chi connectivity index (χ3v) is 12.5. The van der Waals surface area contributed by atoms with E-state index in [9.17, 15) is 25.2 Å². The molecule has 5 N–H and O–H groups in total. The Kier molecular flexibility index (Phi) is 48.9. The fraction of sp³-hybridized carbons (Fsp3) is 0.839. The number of nitrogens with one attached hydrogen (secondary N) is 1. The van der Waals surface area contributed by atoms with Gasteiger partial charge in [0, 0.05) is 0 Å². The number of unbranched alkanes of at least 4 members (excludes halogenated alkanes) is 32. The maximum atomic E-state index is 12.5. The Morgan fingerprint density at radius 2 is 0.677 bits per heavy atom. The summed E-state index contributed by atoms with van der Waals surface area (Å²) in [6.07, 6.45) is 63.2. The van der Waals surface area contributed by atoms with Crippen LogP contribution in [0.5, 0.6) is 0 Å². The predicted octanol–water partition coefficient (Wildman–Crippen LogP) is 15.4. The number of aliphatic hydroxyl groups is 4. The molecule has 0 radical (unpaired) electrons. The van der Waals surface area contributed by atoms with Crippen molar-refractivity contribution in [3.63, 3.8) is 0 Å². The molecule has 0 aliphatic carbocycles.